The summed E-state index contributed by atoms with van der Waals surface area (Å²) in [5, 5.41) is 8.03. The quantitative estimate of drug-likeness (QED) is 0.896. The highest BCUT2D eigenvalue weighted by Gasteiger charge is 2.21. The first-order chi connectivity index (χ1) is 8.74. The number of nitrogens with one attached hydrogen (secondary N) is 1. The van der Waals surface area contributed by atoms with Crippen LogP contribution in [0.15, 0.2) is 22.8 Å². The zero-order valence-electron chi connectivity index (χ0n) is 10.0. The second-order valence-corrected chi connectivity index (χ2v) is 5.66. The maximum absolute atomic E-state index is 6.07. The van der Waals surface area contributed by atoms with Crippen LogP contribution >= 0.6 is 15.9 Å². The minimum absolute atomic E-state index is 0.283. The van der Waals surface area contributed by atoms with E-state index in [1.165, 1.54) is 0 Å². The van der Waals surface area contributed by atoms with Gasteiger partial charge in [-0.1, -0.05) is 0 Å². The summed E-state index contributed by atoms with van der Waals surface area (Å²) in [6.07, 6.45) is 6.27. The summed E-state index contributed by atoms with van der Waals surface area (Å²) in [4.78, 5) is 0. The van der Waals surface area contributed by atoms with E-state index in [9.17, 15) is 0 Å². The van der Waals surface area contributed by atoms with Gasteiger partial charge in [-0.15, -0.1) is 0 Å². The molecule has 0 atom stereocenters. The van der Waals surface area contributed by atoms with Crippen LogP contribution in [0.4, 0.5) is 0 Å². The highest BCUT2D eigenvalue weighted by atomic mass is 79.9. The highest BCUT2D eigenvalue weighted by Crippen LogP contribution is 2.34. The molecule has 5 heteroatoms. The minimum atomic E-state index is 0.283. The Balaban J connectivity index is 1.80. The molecule has 1 aromatic heterocycles. The lowest BCUT2D eigenvalue weighted by molar-refractivity contribution is 0.146. The number of rotatable bonds is 2. The topological polar surface area (TPSA) is 63.9 Å². The van der Waals surface area contributed by atoms with Gasteiger partial charge in [0, 0.05) is 11.4 Å². The first-order valence-corrected chi connectivity index (χ1v) is 7.07. The van der Waals surface area contributed by atoms with Gasteiger partial charge in [-0.05, 0) is 53.7 Å². The number of nitrogens with two attached hydrogens (primary N) is 1. The van der Waals surface area contributed by atoms with Crippen LogP contribution in [-0.4, -0.2) is 22.3 Å². The minimum Gasteiger partial charge on any atom is -0.489 e. The molecule has 1 saturated carbocycles. The van der Waals surface area contributed by atoms with Gasteiger partial charge in [0.05, 0.1) is 22.3 Å². The van der Waals surface area contributed by atoms with Crippen molar-refractivity contribution in [1.82, 2.24) is 10.2 Å². The Morgan fingerprint density at radius 3 is 2.83 bits per heavy atom. The first kappa shape index (κ1) is 12.0. The fourth-order valence-electron chi connectivity index (χ4n) is 2.44. The smallest absolute Gasteiger partial charge is 0.134 e. The molecule has 4 nitrogen and oxygen atoms in total. The average Bonchev–Trinajstić information content (AvgIpc) is 2.84. The predicted octanol–water partition coefficient (Wildman–Crippen LogP) is 2.97. The third kappa shape index (κ3) is 2.24. The lowest BCUT2D eigenvalue weighted by atomic mass is 9.94. The number of aromatic amines is 1. The van der Waals surface area contributed by atoms with Gasteiger partial charge in [-0.2, -0.15) is 5.10 Å². The fraction of sp³-hybridized carbons (Fsp3) is 0.462. The second-order valence-electron chi connectivity index (χ2n) is 4.86. The van der Waals surface area contributed by atoms with Crippen molar-refractivity contribution in [3.8, 4) is 5.75 Å². The third-order valence-electron chi connectivity index (χ3n) is 3.54. The number of halogens is 1. The molecular formula is C13H16BrN3O. The Kier molecular flexibility index (Phi) is 3.26. The molecule has 1 fully saturated rings. The van der Waals surface area contributed by atoms with E-state index in [4.69, 9.17) is 10.5 Å². The Hall–Kier alpha value is -1.07. The van der Waals surface area contributed by atoms with E-state index in [0.717, 1.165) is 46.8 Å². The number of benzene rings is 1. The number of hydrogen-bond acceptors (Lipinski definition) is 3. The molecule has 3 N–H and O–H groups in total. The molecule has 0 radical (unpaired) electrons. The molecule has 1 aliphatic carbocycles. The van der Waals surface area contributed by atoms with Gasteiger partial charge in [0.15, 0.2) is 0 Å². The number of hydrogen-bond donors (Lipinski definition) is 2. The highest BCUT2D eigenvalue weighted by molar-refractivity contribution is 9.10. The molecule has 0 spiro atoms. The van der Waals surface area contributed by atoms with Crippen molar-refractivity contribution in [1.29, 1.82) is 0 Å². The van der Waals surface area contributed by atoms with Crippen LogP contribution in [0.1, 0.15) is 25.7 Å². The van der Waals surface area contributed by atoms with Gasteiger partial charge in [-0.3, -0.25) is 5.10 Å². The fourth-order valence-corrected chi connectivity index (χ4v) is 2.98. The standard InChI is InChI=1S/C13H16BrN3O/c14-13-10-7-16-17-11(10)5-6-12(13)18-9-3-1-8(15)2-4-9/h5-9H,1-4,15H2,(H,16,17)/t8-,9-. The van der Waals surface area contributed by atoms with E-state index >= 15 is 0 Å². The molecule has 0 bridgehead atoms. The monoisotopic (exact) mass is 309 g/mol. The van der Waals surface area contributed by atoms with Gasteiger partial charge >= 0.3 is 0 Å². The van der Waals surface area contributed by atoms with Gasteiger partial charge in [0.2, 0.25) is 0 Å². The largest absolute Gasteiger partial charge is 0.489 e. The van der Waals surface area contributed by atoms with Gasteiger partial charge in [0.25, 0.3) is 0 Å². The third-order valence-corrected chi connectivity index (χ3v) is 4.35. The molecule has 3 rings (SSSR count). The zero-order valence-corrected chi connectivity index (χ0v) is 11.6. The first-order valence-electron chi connectivity index (χ1n) is 6.28. The average molecular weight is 310 g/mol. The van der Waals surface area contributed by atoms with E-state index in [-0.39, 0.29) is 6.10 Å². The maximum atomic E-state index is 6.07. The van der Waals surface area contributed by atoms with E-state index in [2.05, 4.69) is 26.1 Å². The summed E-state index contributed by atoms with van der Waals surface area (Å²) in [5.41, 5.74) is 6.92. The van der Waals surface area contributed by atoms with Crippen molar-refractivity contribution in [3.63, 3.8) is 0 Å². The molecule has 1 aliphatic rings. The normalized spacial score (nSPS) is 24.3. The number of aromatic nitrogens is 2. The molecule has 18 heavy (non-hydrogen) atoms. The zero-order chi connectivity index (χ0) is 12.5. The van der Waals surface area contributed by atoms with E-state index in [0.29, 0.717) is 6.04 Å². The van der Waals surface area contributed by atoms with Crippen LogP contribution in [-0.2, 0) is 0 Å². The van der Waals surface area contributed by atoms with E-state index < -0.39 is 0 Å². The SMILES string of the molecule is N[C@H]1CC[C@H](Oc2ccc3[nH]ncc3c2Br)CC1. The second kappa shape index (κ2) is 4.90. The number of ether oxygens (including phenoxy) is 1. The van der Waals surface area contributed by atoms with Gasteiger partial charge in [-0.25, -0.2) is 0 Å². The van der Waals surface area contributed by atoms with Crippen molar-refractivity contribution in [2.45, 2.75) is 37.8 Å². The van der Waals surface area contributed by atoms with Crippen LogP contribution < -0.4 is 10.5 Å². The molecule has 0 amide bonds. The molecule has 1 heterocycles. The summed E-state index contributed by atoms with van der Waals surface area (Å²) in [6.45, 7) is 0. The Morgan fingerprint density at radius 1 is 1.28 bits per heavy atom. The summed E-state index contributed by atoms with van der Waals surface area (Å²) in [5.74, 6) is 0.893. The molecule has 2 aromatic rings. The molecular weight excluding hydrogens is 294 g/mol. The summed E-state index contributed by atoms with van der Waals surface area (Å²) < 4.78 is 7.04. The van der Waals surface area contributed by atoms with Gasteiger partial charge < -0.3 is 10.5 Å². The molecule has 0 unspecified atom stereocenters. The lowest BCUT2D eigenvalue weighted by Gasteiger charge is -2.27. The number of fused-ring (bicyclic) bond motifs is 1. The van der Waals surface area contributed by atoms with Crippen molar-refractivity contribution in [2.75, 3.05) is 0 Å². The molecule has 0 saturated heterocycles. The van der Waals surface area contributed by atoms with E-state index in [1.807, 2.05) is 18.3 Å². The van der Waals surface area contributed by atoms with Crippen molar-refractivity contribution in [3.05, 3.63) is 22.8 Å². The van der Waals surface area contributed by atoms with Gasteiger partial charge in [0.1, 0.15) is 5.75 Å². The maximum Gasteiger partial charge on any atom is 0.134 e. The Bertz CT molecular complexity index is 546. The van der Waals surface area contributed by atoms with Crippen LogP contribution in [0.25, 0.3) is 10.9 Å². The van der Waals surface area contributed by atoms with Crippen LogP contribution in [0, 0.1) is 0 Å². The molecule has 1 aromatic carbocycles. The van der Waals surface area contributed by atoms with Crippen molar-refractivity contribution < 1.29 is 4.74 Å². The number of H-pyrrole nitrogens is 1. The summed E-state index contributed by atoms with van der Waals surface area (Å²) >= 11 is 3.59. The van der Waals surface area contributed by atoms with Crippen LogP contribution in [0.3, 0.4) is 0 Å². The van der Waals surface area contributed by atoms with Crippen LogP contribution in [0.5, 0.6) is 5.75 Å². The van der Waals surface area contributed by atoms with Crippen LogP contribution in [0.2, 0.25) is 0 Å². The van der Waals surface area contributed by atoms with Crippen molar-refractivity contribution >= 4 is 26.8 Å². The van der Waals surface area contributed by atoms with Crippen molar-refractivity contribution in [2.24, 2.45) is 5.73 Å². The summed E-state index contributed by atoms with van der Waals surface area (Å²) in [6, 6.07) is 4.33. The molecule has 0 aliphatic heterocycles. The lowest BCUT2D eigenvalue weighted by Crippen LogP contribution is -2.31. The summed E-state index contributed by atoms with van der Waals surface area (Å²) in [7, 11) is 0. The predicted molar refractivity (Wildman–Crippen MR) is 74.7 cm³/mol. The Labute approximate surface area is 114 Å². The number of nitrogens with zero attached hydrogens (tertiary/aromatic N) is 1. The molecule has 96 valence electrons. The van der Waals surface area contributed by atoms with E-state index in [1.54, 1.807) is 0 Å². The Morgan fingerprint density at radius 2 is 2.06 bits per heavy atom.